The van der Waals surface area contributed by atoms with Crippen molar-refractivity contribution in [3.63, 3.8) is 0 Å². The lowest BCUT2D eigenvalue weighted by Gasteiger charge is -2.26. The molecule has 0 fully saturated rings. The van der Waals surface area contributed by atoms with Gasteiger partial charge in [-0.1, -0.05) is 172 Å². The van der Waals surface area contributed by atoms with Gasteiger partial charge in [-0.25, -0.2) is 0 Å². The molecular formula is C55H41N. The second-order valence-corrected chi connectivity index (χ2v) is 15.5. The van der Waals surface area contributed by atoms with Gasteiger partial charge in [-0.2, -0.15) is 0 Å². The molecule has 0 saturated carbocycles. The lowest BCUT2D eigenvalue weighted by molar-refractivity contribution is 0.683. The molecule has 0 saturated heterocycles. The Morgan fingerprint density at radius 3 is 1.11 bits per heavy atom. The fourth-order valence-electron chi connectivity index (χ4n) is 8.30. The smallest absolute Gasteiger partial charge is 0.0462 e. The SMILES string of the molecule is CC1(C)C=Cc2cc(-c3ccc(N(c4ccc(-c5ccc(-c6ccc7ccccc7c6)cc5)cc4)c4ccc(-c5ccc6ccccc6c5)cc4)cc3)ccc21. The third-order valence-corrected chi connectivity index (χ3v) is 11.5. The van der Waals surface area contributed by atoms with E-state index in [4.69, 9.17) is 0 Å². The van der Waals surface area contributed by atoms with E-state index in [0.717, 1.165) is 17.1 Å². The Hall–Kier alpha value is -6.96. The molecule has 0 N–H and O–H groups in total. The summed E-state index contributed by atoms with van der Waals surface area (Å²) in [6, 6.07) is 73.2. The molecule has 9 aromatic rings. The van der Waals surface area contributed by atoms with Gasteiger partial charge in [-0.3, -0.25) is 0 Å². The first-order valence-electron chi connectivity index (χ1n) is 19.5. The normalized spacial score (nSPS) is 12.9. The molecule has 1 heteroatoms. The first kappa shape index (κ1) is 33.6. The van der Waals surface area contributed by atoms with Gasteiger partial charge in [0.05, 0.1) is 0 Å². The van der Waals surface area contributed by atoms with E-state index in [1.807, 2.05) is 0 Å². The highest BCUT2D eigenvalue weighted by atomic mass is 15.1. The maximum atomic E-state index is 2.36. The molecule has 0 atom stereocenters. The fourth-order valence-corrected chi connectivity index (χ4v) is 8.30. The predicted octanol–water partition coefficient (Wildman–Crippen LogP) is 15.4. The maximum absolute atomic E-state index is 2.36. The summed E-state index contributed by atoms with van der Waals surface area (Å²) in [6.45, 7) is 4.56. The first-order valence-corrected chi connectivity index (χ1v) is 19.5. The lowest BCUT2D eigenvalue weighted by atomic mass is 9.86. The van der Waals surface area contributed by atoms with Crippen LogP contribution in [0.2, 0.25) is 0 Å². The Bertz CT molecular complexity index is 2890. The molecular weight excluding hydrogens is 675 g/mol. The molecule has 0 aromatic heterocycles. The quantitative estimate of drug-likeness (QED) is 0.159. The zero-order valence-electron chi connectivity index (χ0n) is 31.7. The van der Waals surface area contributed by atoms with Gasteiger partial charge in [0.15, 0.2) is 0 Å². The summed E-state index contributed by atoms with van der Waals surface area (Å²) in [6.07, 6.45) is 4.57. The van der Waals surface area contributed by atoms with Gasteiger partial charge in [0, 0.05) is 22.5 Å². The van der Waals surface area contributed by atoms with E-state index in [1.165, 1.54) is 77.2 Å². The summed E-state index contributed by atoms with van der Waals surface area (Å²) < 4.78 is 0. The van der Waals surface area contributed by atoms with Crippen LogP contribution in [-0.4, -0.2) is 0 Å². The molecule has 0 spiro atoms. The topological polar surface area (TPSA) is 3.24 Å². The lowest BCUT2D eigenvalue weighted by Crippen LogP contribution is -2.10. The number of nitrogens with zero attached hydrogens (tertiary/aromatic N) is 1. The highest BCUT2D eigenvalue weighted by Gasteiger charge is 2.24. The zero-order valence-corrected chi connectivity index (χ0v) is 31.7. The summed E-state index contributed by atoms with van der Waals surface area (Å²) in [4.78, 5) is 2.36. The third kappa shape index (κ3) is 6.28. The van der Waals surface area contributed by atoms with Gasteiger partial charge < -0.3 is 4.90 Å². The molecule has 0 amide bonds. The van der Waals surface area contributed by atoms with Gasteiger partial charge in [0.2, 0.25) is 0 Å². The highest BCUT2D eigenvalue weighted by Crippen LogP contribution is 2.40. The Labute approximate surface area is 329 Å². The number of rotatable bonds is 7. The highest BCUT2D eigenvalue weighted by molar-refractivity contribution is 5.89. The Morgan fingerprint density at radius 2 is 0.661 bits per heavy atom. The van der Waals surface area contributed by atoms with Crippen LogP contribution in [0.3, 0.4) is 0 Å². The van der Waals surface area contributed by atoms with Crippen molar-refractivity contribution in [1.29, 1.82) is 0 Å². The standard InChI is InChI=1S/C55H41N/c1-55(2)34-33-50-37-49(25-32-54(50)55)44-23-30-53(31-24-44)56(52-28-21-43(22-29-52)48-18-16-39-8-4-6-10-46(39)36-48)51-26-19-41(20-27-51)40-11-13-42(14-12-40)47-17-15-38-7-3-5-9-45(38)35-47/h3-37H,1-2H3. The van der Waals surface area contributed by atoms with Gasteiger partial charge >= 0.3 is 0 Å². The molecule has 0 bridgehead atoms. The van der Waals surface area contributed by atoms with Gasteiger partial charge in [-0.15, -0.1) is 0 Å². The number of fused-ring (bicyclic) bond motifs is 3. The van der Waals surface area contributed by atoms with Crippen LogP contribution in [0, 0.1) is 0 Å². The van der Waals surface area contributed by atoms with Crippen molar-refractivity contribution in [2.24, 2.45) is 0 Å². The van der Waals surface area contributed by atoms with Crippen molar-refractivity contribution >= 4 is 44.7 Å². The second kappa shape index (κ2) is 13.7. The molecule has 0 heterocycles. The molecule has 9 aromatic carbocycles. The van der Waals surface area contributed by atoms with Crippen LogP contribution in [0.15, 0.2) is 206 Å². The Balaban J connectivity index is 0.971. The minimum Gasteiger partial charge on any atom is -0.311 e. The first-order chi connectivity index (χ1) is 27.4. The van der Waals surface area contributed by atoms with Crippen LogP contribution in [0.4, 0.5) is 17.1 Å². The largest absolute Gasteiger partial charge is 0.311 e. The number of hydrogen-bond acceptors (Lipinski definition) is 1. The third-order valence-electron chi connectivity index (χ3n) is 11.5. The molecule has 0 unspecified atom stereocenters. The fraction of sp³-hybridized carbons (Fsp3) is 0.0545. The van der Waals surface area contributed by atoms with E-state index in [0.29, 0.717) is 0 Å². The van der Waals surface area contributed by atoms with Crippen molar-refractivity contribution in [2.75, 3.05) is 4.90 Å². The van der Waals surface area contributed by atoms with Crippen molar-refractivity contribution in [1.82, 2.24) is 0 Å². The molecule has 1 nitrogen and oxygen atoms in total. The second-order valence-electron chi connectivity index (χ2n) is 15.5. The maximum Gasteiger partial charge on any atom is 0.0462 e. The van der Waals surface area contributed by atoms with Crippen LogP contribution >= 0.6 is 0 Å². The Kier molecular flexibility index (Phi) is 8.23. The van der Waals surface area contributed by atoms with Crippen LogP contribution in [-0.2, 0) is 5.41 Å². The van der Waals surface area contributed by atoms with Gasteiger partial charge in [0.25, 0.3) is 0 Å². The van der Waals surface area contributed by atoms with Gasteiger partial charge in [0.1, 0.15) is 0 Å². The van der Waals surface area contributed by atoms with E-state index < -0.39 is 0 Å². The summed E-state index contributed by atoms with van der Waals surface area (Å²) in [5.74, 6) is 0. The molecule has 0 aliphatic heterocycles. The van der Waals surface area contributed by atoms with Gasteiger partial charge in [-0.05, 0) is 132 Å². The monoisotopic (exact) mass is 715 g/mol. The van der Waals surface area contributed by atoms with E-state index in [9.17, 15) is 0 Å². The van der Waals surface area contributed by atoms with Crippen LogP contribution in [0.25, 0.3) is 72.1 Å². The van der Waals surface area contributed by atoms with E-state index in [2.05, 4.69) is 231 Å². The number of benzene rings is 9. The number of anilines is 3. The molecule has 0 radical (unpaired) electrons. The van der Waals surface area contributed by atoms with Crippen molar-refractivity contribution in [3.05, 3.63) is 217 Å². The zero-order chi connectivity index (χ0) is 37.6. The van der Waals surface area contributed by atoms with Crippen molar-refractivity contribution < 1.29 is 0 Å². The van der Waals surface area contributed by atoms with Crippen LogP contribution < -0.4 is 4.90 Å². The Morgan fingerprint density at radius 1 is 0.321 bits per heavy atom. The average molecular weight is 716 g/mol. The van der Waals surface area contributed by atoms with Crippen LogP contribution in [0.1, 0.15) is 25.0 Å². The van der Waals surface area contributed by atoms with E-state index >= 15 is 0 Å². The van der Waals surface area contributed by atoms with Crippen LogP contribution in [0.5, 0.6) is 0 Å². The molecule has 266 valence electrons. The van der Waals surface area contributed by atoms with Crippen molar-refractivity contribution in [2.45, 2.75) is 19.3 Å². The van der Waals surface area contributed by atoms with Crippen molar-refractivity contribution in [3.8, 4) is 44.5 Å². The average Bonchev–Trinajstić information content (AvgIpc) is 3.57. The molecule has 1 aliphatic carbocycles. The van der Waals surface area contributed by atoms with E-state index in [1.54, 1.807) is 0 Å². The molecule has 10 rings (SSSR count). The number of allylic oxidation sites excluding steroid dienone is 1. The predicted molar refractivity (Wildman–Crippen MR) is 240 cm³/mol. The summed E-state index contributed by atoms with van der Waals surface area (Å²) >= 11 is 0. The summed E-state index contributed by atoms with van der Waals surface area (Å²) in [7, 11) is 0. The minimum absolute atomic E-state index is 0.0823. The summed E-state index contributed by atoms with van der Waals surface area (Å²) in [5.41, 5.74) is 15.8. The van der Waals surface area contributed by atoms with E-state index in [-0.39, 0.29) is 5.41 Å². The summed E-state index contributed by atoms with van der Waals surface area (Å²) in [5, 5.41) is 5.03. The number of hydrogen-bond donors (Lipinski definition) is 0. The minimum atomic E-state index is 0.0823. The molecule has 56 heavy (non-hydrogen) atoms. The molecule has 1 aliphatic rings.